The van der Waals surface area contributed by atoms with Gasteiger partial charge in [-0.3, -0.25) is 14.8 Å². The molecule has 0 spiro atoms. The molecule has 1 fully saturated rings. The van der Waals surface area contributed by atoms with Crippen LogP contribution < -0.4 is 5.32 Å². The third-order valence-corrected chi connectivity index (χ3v) is 6.12. The van der Waals surface area contributed by atoms with E-state index in [1.165, 1.54) is 12.1 Å². The molecule has 1 aromatic heterocycles. The molecule has 1 aromatic carbocycles. The first-order valence-corrected chi connectivity index (χ1v) is 11.1. The summed E-state index contributed by atoms with van der Waals surface area (Å²) in [7, 11) is 3.72. The number of carbonyl (C=O) groups is 2. The van der Waals surface area contributed by atoms with Crippen LogP contribution in [0.4, 0.5) is 15.0 Å². The highest BCUT2D eigenvalue weighted by Gasteiger charge is 2.46. The molecule has 2 N–H and O–H groups in total. The Morgan fingerprint density at radius 3 is 2.88 bits per heavy atom. The fraction of sp³-hybridized carbons (Fsp3) is 0.522. The van der Waals surface area contributed by atoms with E-state index in [1.54, 1.807) is 17.0 Å². The van der Waals surface area contributed by atoms with Crippen LogP contribution in [0, 0.1) is 5.82 Å². The minimum absolute atomic E-state index is 0.219. The van der Waals surface area contributed by atoms with Crippen molar-refractivity contribution in [2.75, 3.05) is 32.6 Å². The van der Waals surface area contributed by atoms with Crippen molar-refractivity contribution in [2.24, 2.45) is 0 Å². The van der Waals surface area contributed by atoms with Crippen LogP contribution in [-0.4, -0.2) is 65.3 Å². The van der Waals surface area contributed by atoms with E-state index in [2.05, 4.69) is 15.5 Å². The maximum Gasteiger partial charge on any atom is 0.411 e. The number of aromatic amines is 1. The molecular weight excluding hydrogens is 429 g/mol. The molecular formula is C23H30FN5O4. The number of carbonyl (C=O) groups excluding carboxylic acids is 2. The number of anilines is 1. The summed E-state index contributed by atoms with van der Waals surface area (Å²) in [5, 5.41) is 10.1. The van der Waals surface area contributed by atoms with Gasteiger partial charge in [-0.25, -0.2) is 9.18 Å². The van der Waals surface area contributed by atoms with E-state index in [1.807, 2.05) is 32.8 Å². The Balaban J connectivity index is 1.51. The average molecular weight is 460 g/mol. The summed E-state index contributed by atoms with van der Waals surface area (Å²) in [6.45, 7) is 4.94. The Morgan fingerprint density at radius 1 is 1.42 bits per heavy atom. The van der Waals surface area contributed by atoms with Crippen LogP contribution in [0.3, 0.4) is 0 Å². The van der Waals surface area contributed by atoms with E-state index in [9.17, 15) is 14.0 Å². The normalized spacial score (nSPS) is 20.1. The largest absolute Gasteiger partial charge is 0.440 e. The van der Waals surface area contributed by atoms with Crippen LogP contribution in [0.15, 0.2) is 24.3 Å². The van der Waals surface area contributed by atoms with Gasteiger partial charge in [0, 0.05) is 18.7 Å². The number of nitrogens with one attached hydrogen (secondary N) is 2. The van der Waals surface area contributed by atoms with E-state index in [-0.39, 0.29) is 18.3 Å². The number of nitrogens with zero attached hydrogens (tertiary/aromatic N) is 3. The summed E-state index contributed by atoms with van der Waals surface area (Å²) in [6, 6.07) is 6.07. The Bertz CT molecular complexity index is 1030. The highest BCUT2D eigenvalue weighted by molar-refractivity contribution is 5.94. The molecule has 0 radical (unpaired) electrons. The second-order valence-electron chi connectivity index (χ2n) is 9.25. The minimum atomic E-state index is -0.764. The van der Waals surface area contributed by atoms with Crippen molar-refractivity contribution in [2.45, 2.75) is 51.0 Å². The molecule has 1 unspecified atom stereocenters. The summed E-state index contributed by atoms with van der Waals surface area (Å²) >= 11 is 0. The van der Waals surface area contributed by atoms with E-state index in [0.717, 1.165) is 12.0 Å². The van der Waals surface area contributed by atoms with Crippen LogP contribution in [-0.2, 0) is 26.4 Å². The number of halogens is 1. The fourth-order valence-corrected chi connectivity index (χ4v) is 4.33. The lowest BCUT2D eigenvalue weighted by molar-refractivity contribution is -0.124. The first-order chi connectivity index (χ1) is 15.7. The minimum Gasteiger partial charge on any atom is -0.440 e. The number of ether oxygens (including phenoxy) is 2. The summed E-state index contributed by atoms with van der Waals surface area (Å²) in [5.74, 6) is -0.153. The van der Waals surface area contributed by atoms with Gasteiger partial charge in [0.05, 0.1) is 17.8 Å². The number of fused-ring (bicyclic) bond motifs is 1. The number of hydrogen-bond donors (Lipinski definition) is 2. The predicted molar refractivity (Wildman–Crippen MR) is 119 cm³/mol. The Labute approximate surface area is 192 Å². The smallest absolute Gasteiger partial charge is 0.411 e. The summed E-state index contributed by atoms with van der Waals surface area (Å²) in [5.41, 5.74) is 1.22. The van der Waals surface area contributed by atoms with E-state index in [4.69, 9.17) is 9.47 Å². The third kappa shape index (κ3) is 4.72. The SMILES string of the molecule is CN(C)CC(OC(=O)N1Cc2c(n[nH]c2NC(=O)[C@@H]2CCCO2)C1(C)C)c1cccc(F)c1. The number of rotatable bonds is 6. The number of amides is 2. The van der Waals surface area contributed by atoms with Gasteiger partial charge in [0.15, 0.2) is 0 Å². The second-order valence-corrected chi connectivity index (χ2v) is 9.25. The second kappa shape index (κ2) is 9.11. The van der Waals surface area contributed by atoms with Crippen LogP contribution in [0.25, 0.3) is 0 Å². The van der Waals surface area contributed by atoms with E-state index in [0.29, 0.717) is 36.6 Å². The molecule has 0 saturated carbocycles. The van der Waals surface area contributed by atoms with Crippen molar-refractivity contribution in [3.05, 3.63) is 46.9 Å². The molecule has 178 valence electrons. The molecule has 2 atom stereocenters. The highest BCUT2D eigenvalue weighted by atomic mass is 19.1. The molecule has 2 aliphatic rings. The summed E-state index contributed by atoms with van der Waals surface area (Å²) in [6.07, 6.45) is -0.125. The predicted octanol–water partition coefficient (Wildman–Crippen LogP) is 3.16. The van der Waals surface area contributed by atoms with Crippen LogP contribution >= 0.6 is 0 Å². The Hall–Kier alpha value is -2.98. The standard InChI is InChI=1S/C23H30FN5O4/c1-23(2)19-16(20(27-26-19)25-21(30)17-9-6-10-32-17)12-29(23)22(31)33-18(13-28(3)4)14-7-5-8-15(24)11-14/h5,7-8,11,17-18H,6,9-10,12-13H2,1-4H3,(H2,25,26,27,30)/t17-,18?/m0/s1. The molecule has 1 saturated heterocycles. The highest BCUT2D eigenvalue weighted by Crippen LogP contribution is 2.41. The van der Waals surface area contributed by atoms with Crippen molar-refractivity contribution in [1.29, 1.82) is 0 Å². The first-order valence-electron chi connectivity index (χ1n) is 11.1. The van der Waals surface area contributed by atoms with Crippen molar-refractivity contribution in [3.63, 3.8) is 0 Å². The number of H-pyrrole nitrogens is 1. The molecule has 0 bridgehead atoms. The van der Waals surface area contributed by atoms with Gasteiger partial charge >= 0.3 is 6.09 Å². The molecule has 3 heterocycles. The molecule has 0 aliphatic carbocycles. The van der Waals surface area contributed by atoms with Crippen LogP contribution in [0.5, 0.6) is 0 Å². The lowest BCUT2D eigenvalue weighted by atomic mass is 10.0. The number of likely N-dealkylation sites (N-methyl/N-ethyl adjacent to an activating group) is 1. The molecule has 10 heteroatoms. The van der Waals surface area contributed by atoms with Gasteiger partial charge in [-0.2, -0.15) is 5.10 Å². The van der Waals surface area contributed by atoms with E-state index >= 15 is 0 Å². The molecule has 9 nitrogen and oxygen atoms in total. The van der Waals surface area contributed by atoms with E-state index < -0.39 is 23.8 Å². The fourth-order valence-electron chi connectivity index (χ4n) is 4.33. The zero-order valence-electron chi connectivity index (χ0n) is 19.4. The lowest BCUT2D eigenvalue weighted by Crippen LogP contribution is -2.42. The zero-order chi connectivity index (χ0) is 23.8. The summed E-state index contributed by atoms with van der Waals surface area (Å²) in [4.78, 5) is 29.2. The number of aromatic nitrogens is 2. The van der Waals surface area contributed by atoms with Gasteiger partial charge < -0.3 is 19.7 Å². The number of hydrogen-bond acceptors (Lipinski definition) is 6. The third-order valence-electron chi connectivity index (χ3n) is 6.12. The average Bonchev–Trinajstić information content (AvgIpc) is 3.46. The van der Waals surface area contributed by atoms with Gasteiger partial charge in [0.25, 0.3) is 5.91 Å². The monoisotopic (exact) mass is 459 g/mol. The van der Waals surface area contributed by atoms with Gasteiger partial charge in [-0.05, 0) is 58.5 Å². The van der Waals surface area contributed by atoms with Gasteiger partial charge in [0.2, 0.25) is 0 Å². The quantitative estimate of drug-likeness (QED) is 0.689. The maximum atomic E-state index is 13.8. The lowest BCUT2D eigenvalue weighted by Gasteiger charge is -2.32. The van der Waals surface area contributed by atoms with Crippen LogP contribution in [0.1, 0.15) is 49.6 Å². The van der Waals surface area contributed by atoms with Gasteiger partial charge in [0.1, 0.15) is 23.8 Å². The molecule has 2 aromatic rings. The first kappa shape index (κ1) is 23.2. The van der Waals surface area contributed by atoms with Crippen molar-refractivity contribution >= 4 is 17.8 Å². The molecule has 2 amide bonds. The topological polar surface area (TPSA) is 99.8 Å². The number of benzene rings is 1. The maximum absolute atomic E-state index is 13.8. The summed E-state index contributed by atoms with van der Waals surface area (Å²) < 4.78 is 25.1. The van der Waals surface area contributed by atoms with Crippen LogP contribution in [0.2, 0.25) is 0 Å². The Morgan fingerprint density at radius 2 is 2.21 bits per heavy atom. The van der Waals surface area contributed by atoms with Crippen molar-refractivity contribution in [3.8, 4) is 0 Å². The van der Waals surface area contributed by atoms with Crippen molar-refractivity contribution < 1.29 is 23.5 Å². The molecule has 4 rings (SSSR count). The zero-order valence-corrected chi connectivity index (χ0v) is 19.4. The van der Waals surface area contributed by atoms with Gasteiger partial charge in [-0.15, -0.1) is 0 Å². The Kier molecular flexibility index (Phi) is 6.40. The molecule has 2 aliphatic heterocycles. The molecule has 33 heavy (non-hydrogen) atoms. The van der Waals surface area contributed by atoms with Crippen molar-refractivity contribution in [1.82, 2.24) is 20.0 Å². The van der Waals surface area contributed by atoms with Gasteiger partial charge in [-0.1, -0.05) is 12.1 Å².